The maximum absolute atomic E-state index is 13.3. The van der Waals surface area contributed by atoms with Crippen LogP contribution in [0.25, 0.3) is 10.1 Å². The molecule has 1 aromatic heterocycles. The summed E-state index contributed by atoms with van der Waals surface area (Å²) in [6.07, 6.45) is 10.6. The Kier molecular flexibility index (Phi) is 5.71. The molecular weight excluding hydrogens is 340 g/mol. The minimum Gasteiger partial charge on any atom is -0.336 e. The standard InChI is InChI=1S/C22H28N2OS/c25-22(21-16-19-10-4-5-11-20(19)26-21)24(15-14-23-12-6-7-13-23)17-18-8-2-1-3-9-18/h1-2,4-5,10-11,16,18H,3,6-9,12-15,17H2/t18-/m1/s1. The SMILES string of the molecule is O=C(c1cc2ccccc2s1)N(CCN1CCCC1)C[C@@H]1CC=CCC1. The predicted octanol–water partition coefficient (Wildman–Crippen LogP) is 4.80. The molecule has 4 heteroatoms. The van der Waals surface area contributed by atoms with Crippen molar-refractivity contribution in [2.75, 3.05) is 32.7 Å². The topological polar surface area (TPSA) is 23.6 Å². The molecular formula is C22H28N2OS. The summed E-state index contributed by atoms with van der Waals surface area (Å²) in [5, 5.41) is 1.18. The van der Waals surface area contributed by atoms with Crippen molar-refractivity contribution in [2.45, 2.75) is 32.1 Å². The van der Waals surface area contributed by atoms with Gasteiger partial charge in [-0.05, 0) is 68.6 Å². The lowest BCUT2D eigenvalue weighted by atomic mass is 9.94. The average Bonchev–Trinajstić information content (AvgIpc) is 3.34. The summed E-state index contributed by atoms with van der Waals surface area (Å²) >= 11 is 1.64. The first-order valence-corrected chi connectivity index (χ1v) is 10.8. The number of allylic oxidation sites excluding steroid dienone is 2. The third kappa shape index (κ3) is 4.18. The normalized spacial score (nSPS) is 20.7. The Labute approximate surface area is 160 Å². The van der Waals surface area contributed by atoms with Crippen LogP contribution in [0.1, 0.15) is 41.8 Å². The fraction of sp³-hybridized carbons (Fsp3) is 0.500. The van der Waals surface area contributed by atoms with Crippen LogP contribution in [0.15, 0.2) is 42.5 Å². The van der Waals surface area contributed by atoms with Gasteiger partial charge in [-0.15, -0.1) is 11.3 Å². The molecule has 1 fully saturated rings. The summed E-state index contributed by atoms with van der Waals surface area (Å²) in [6.45, 7) is 5.14. The van der Waals surface area contributed by atoms with Crippen LogP contribution in [0.4, 0.5) is 0 Å². The summed E-state index contributed by atoms with van der Waals surface area (Å²) in [5.41, 5.74) is 0. The van der Waals surface area contributed by atoms with E-state index in [1.165, 1.54) is 42.4 Å². The summed E-state index contributed by atoms with van der Waals surface area (Å²) in [7, 11) is 0. The van der Waals surface area contributed by atoms with Gasteiger partial charge in [-0.25, -0.2) is 0 Å². The van der Waals surface area contributed by atoms with Crippen molar-refractivity contribution in [3.05, 3.63) is 47.4 Å². The highest BCUT2D eigenvalue weighted by atomic mass is 32.1. The highest BCUT2D eigenvalue weighted by Crippen LogP contribution is 2.27. The van der Waals surface area contributed by atoms with E-state index >= 15 is 0 Å². The lowest BCUT2D eigenvalue weighted by Gasteiger charge is -2.29. The third-order valence-corrected chi connectivity index (χ3v) is 6.77. The minimum atomic E-state index is 0.222. The van der Waals surface area contributed by atoms with Gasteiger partial charge >= 0.3 is 0 Å². The molecule has 0 unspecified atom stereocenters. The molecule has 1 aliphatic carbocycles. The number of thiophene rings is 1. The molecule has 1 amide bonds. The van der Waals surface area contributed by atoms with Gasteiger partial charge in [0.25, 0.3) is 5.91 Å². The molecule has 0 radical (unpaired) electrons. The van der Waals surface area contributed by atoms with Crippen LogP contribution in [0.5, 0.6) is 0 Å². The van der Waals surface area contributed by atoms with Gasteiger partial charge in [0.05, 0.1) is 4.88 Å². The summed E-state index contributed by atoms with van der Waals surface area (Å²) in [5.74, 6) is 0.830. The van der Waals surface area contributed by atoms with Gasteiger partial charge in [0.15, 0.2) is 0 Å². The Morgan fingerprint density at radius 3 is 2.81 bits per heavy atom. The molecule has 3 nitrogen and oxygen atoms in total. The first kappa shape index (κ1) is 17.7. The number of carbonyl (C=O) groups excluding carboxylic acids is 1. The molecule has 2 aliphatic rings. The molecule has 138 valence electrons. The maximum Gasteiger partial charge on any atom is 0.264 e. The zero-order chi connectivity index (χ0) is 17.8. The number of fused-ring (bicyclic) bond motifs is 1. The molecule has 2 aromatic rings. The van der Waals surface area contributed by atoms with Crippen LogP contribution in [-0.4, -0.2) is 48.4 Å². The second-order valence-electron chi connectivity index (χ2n) is 7.60. The van der Waals surface area contributed by atoms with Crippen LogP contribution in [-0.2, 0) is 0 Å². The molecule has 1 atom stereocenters. The molecule has 2 heterocycles. The van der Waals surface area contributed by atoms with Gasteiger partial charge in [0.1, 0.15) is 0 Å². The Hall–Kier alpha value is -1.65. The van der Waals surface area contributed by atoms with E-state index in [1.54, 1.807) is 11.3 Å². The zero-order valence-electron chi connectivity index (χ0n) is 15.4. The first-order valence-electron chi connectivity index (χ1n) is 9.95. The van der Waals surface area contributed by atoms with Gasteiger partial charge in [-0.1, -0.05) is 30.4 Å². The number of hydrogen-bond donors (Lipinski definition) is 0. The predicted molar refractivity (Wildman–Crippen MR) is 110 cm³/mol. The van der Waals surface area contributed by atoms with Crippen LogP contribution in [0, 0.1) is 5.92 Å². The van der Waals surface area contributed by atoms with Crippen LogP contribution in [0.3, 0.4) is 0 Å². The van der Waals surface area contributed by atoms with Crippen molar-refractivity contribution < 1.29 is 4.79 Å². The highest BCUT2D eigenvalue weighted by molar-refractivity contribution is 7.20. The molecule has 0 N–H and O–H groups in total. The van der Waals surface area contributed by atoms with E-state index in [2.05, 4.69) is 40.2 Å². The second kappa shape index (κ2) is 8.36. The molecule has 4 rings (SSSR count). The lowest BCUT2D eigenvalue weighted by Crippen LogP contribution is -2.40. The van der Waals surface area contributed by atoms with Crippen molar-refractivity contribution in [3.8, 4) is 0 Å². The smallest absolute Gasteiger partial charge is 0.264 e. The first-order chi connectivity index (χ1) is 12.8. The van der Waals surface area contributed by atoms with Gasteiger partial charge in [-0.3, -0.25) is 4.79 Å². The Bertz CT molecular complexity index is 742. The van der Waals surface area contributed by atoms with Crippen LogP contribution in [0.2, 0.25) is 0 Å². The quantitative estimate of drug-likeness (QED) is 0.684. The Morgan fingerprint density at radius 1 is 1.19 bits per heavy atom. The number of amides is 1. The molecule has 0 bridgehead atoms. The monoisotopic (exact) mass is 368 g/mol. The fourth-order valence-electron chi connectivity index (χ4n) is 4.12. The second-order valence-corrected chi connectivity index (χ2v) is 8.68. The molecule has 1 aliphatic heterocycles. The average molecular weight is 369 g/mol. The summed E-state index contributed by atoms with van der Waals surface area (Å²) < 4.78 is 1.20. The van der Waals surface area contributed by atoms with Crippen molar-refractivity contribution in [3.63, 3.8) is 0 Å². The number of benzene rings is 1. The molecule has 1 aromatic carbocycles. The number of carbonyl (C=O) groups is 1. The highest BCUT2D eigenvalue weighted by Gasteiger charge is 2.23. The number of rotatable bonds is 6. The van der Waals surface area contributed by atoms with E-state index in [4.69, 9.17) is 0 Å². The third-order valence-electron chi connectivity index (χ3n) is 5.66. The van der Waals surface area contributed by atoms with E-state index in [0.717, 1.165) is 37.4 Å². The molecule has 26 heavy (non-hydrogen) atoms. The zero-order valence-corrected chi connectivity index (χ0v) is 16.2. The van der Waals surface area contributed by atoms with E-state index in [-0.39, 0.29) is 5.91 Å². The van der Waals surface area contributed by atoms with Crippen molar-refractivity contribution in [1.29, 1.82) is 0 Å². The van der Waals surface area contributed by atoms with E-state index in [9.17, 15) is 4.79 Å². The Balaban J connectivity index is 1.49. The van der Waals surface area contributed by atoms with Crippen LogP contribution < -0.4 is 0 Å². The number of nitrogens with zero attached hydrogens (tertiary/aromatic N) is 2. The van der Waals surface area contributed by atoms with E-state index in [1.807, 2.05) is 12.1 Å². The van der Waals surface area contributed by atoms with Gasteiger partial charge in [0, 0.05) is 24.3 Å². The fourth-order valence-corrected chi connectivity index (χ4v) is 5.15. The maximum atomic E-state index is 13.3. The Morgan fingerprint density at radius 2 is 2.04 bits per heavy atom. The van der Waals surface area contributed by atoms with Crippen molar-refractivity contribution >= 4 is 27.3 Å². The number of hydrogen-bond acceptors (Lipinski definition) is 3. The van der Waals surface area contributed by atoms with Gasteiger partial charge < -0.3 is 9.80 Å². The van der Waals surface area contributed by atoms with E-state index in [0.29, 0.717) is 5.92 Å². The van der Waals surface area contributed by atoms with E-state index < -0.39 is 0 Å². The van der Waals surface area contributed by atoms with Crippen molar-refractivity contribution in [2.24, 2.45) is 5.92 Å². The lowest BCUT2D eigenvalue weighted by molar-refractivity contribution is 0.0712. The number of likely N-dealkylation sites (tertiary alicyclic amines) is 1. The summed E-state index contributed by atoms with van der Waals surface area (Å²) in [4.78, 5) is 18.8. The molecule has 0 saturated carbocycles. The largest absolute Gasteiger partial charge is 0.336 e. The molecule has 1 saturated heterocycles. The van der Waals surface area contributed by atoms with Crippen molar-refractivity contribution in [1.82, 2.24) is 9.80 Å². The van der Waals surface area contributed by atoms with Gasteiger partial charge in [-0.2, -0.15) is 0 Å². The minimum absolute atomic E-state index is 0.222. The van der Waals surface area contributed by atoms with Gasteiger partial charge in [0.2, 0.25) is 0 Å². The molecule has 0 spiro atoms. The summed E-state index contributed by atoms with van der Waals surface area (Å²) in [6, 6.07) is 10.4. The van der Waals surface area contributed by atoms with Crippen LogP contribution >= 0.6 is 11.3 Å².